The van der Waals surface area contributed by atoms with Gasteiger partial charge in [-0.3, -0.25) is 9.59 Å². The molecule has 2 rings (SSSR count). The zero-order chi connectivity index (χ0) is 13.7. The van der Waals surface area contributed by atoms with Gasteiger partial charge in [-0.25, -0.2) is 0 Å². The predicted octanol–water partition coefficient (Wildman–Crippen LogP) is 1.72. The van der Waals surface area contributed by atoms with Gasteiger partial charge >= 0.3 is 5.97 Å². The summed E-state index contributed by atoms with van der Waals surface area (Å²) in [6.07, 6.45) is 3.16. The average Bonchev–Trinajstić information content (AvgIpc) is 2.85. The van der Waals surface area contributed by atoms with Crippen molar-refractivity contribution < 1.29 is 14.7 Å². The van der Waals surface area contributed by atoms with E-state index >= 15 is 0 Å². The van der Waals surface area contributed by atoms with E-state index in [9.17, 15) is 9.59 Å². The van der Waals surface area contributed by atoms with Gasteiger partial charge in [-0.05, 0) is 36.5 Å². The minimum atomic E-state index is -0.822. The number of nitrogens with one attached hydrogen (secondary N) is 1. The highest BCUT2D eigenvalue weighted by Gasteiger charge is 2.18. The van der Waals surface area contributed by atoms with Gasteiger partial charge < -0.3 is 10.4 Å². The Morgan fingerprint density at radius 2 is 2.16 bits per heavy atom. The molecule has 0 bridgehead atoms. The molecule has 1 aromatic rings. The van der Waals surface area contributed by atoms with Crippen LogP contribution >= 0.6 is 11.8 Å². The van der Waals surface area contributed by atoms with Crippen molar-refractivity contribution >= 4 is 23.6 Å². The van der Waals surface area contributed by atoms with E-state index in [4.69, 9.17) is 5.11 Å². The van der Waals surface area contributed by atoms with E-state index in [1.165, 1.54) is 22.9 Å². The Labute approximate surface area is 116 Å². The summed E-state index contributed by atoms with van der Waals surface area (Å²) >= 11 is 1.31. The first-order valence-corrected chi connectivity index (χ1v) is 7.52. The third-order valence-electron chi connectivity index (χ3n) is 3.15. The number of aryl methyl sites for hydroxylation is 1. The van der Waals surface area contributed by atoms with Crippen molar-refractivity contribution in [1.82, 2.24) is 5.32 Å². The smallest absolute Gasteiger partial charge is 0.313 e. The summed E-state index contributed by atoms with van der Waals surface area (Å²) in [5.41, 5.74) is 3.24. The van der Waals surface area contributed by atoms with E-state index in [-0.39, 0.29) is 11.7 Å². The summed E-state index contributed by atoms with van der Waals surface area (Å²) in [4.78, 5) is 22.4. The van der Waals surface area contributed by atoms with Crippen LogP contribution in [-0.2, 0) is 17.6 Å². The molecule has 1 amide bonds. The molecule has 1 aromatic carbocycles. The second kappa shape index (κ2) is 6.61. The van der Waals surface area contributed by atoms with Crippen LogP contribution in [-0.4, -0.2) is 35.0 Å². The highest BCUT2D eigenvalue weighted by atomic mass is 32.2. The average molecular weight is 279 g/mol. The second-order valence-electron chi connectivity index (χ2n) is 4.50. The van der Waals surface area contributed by atoms with E-state index in [1.807, 2.05) is 12.1 Å². The molecule has 0 aliphatic heterocycles. The number of amides is 1. The molecule has 1 aliphatic rings. The number of aliphatic carboxylic acids is 1. The minimum absolute atomic E-state index is 0.0466. The maximum atomic E-state index is 12.1. The number of carboxylic acid groups (broad SMARTS) is 1. The molecule has 0 atom stereocenters. The quantitative estimate of drug-likeness (QED) is 0.778. The summed E-state index contributed by atoms with van der Waals surface area (Å²) in [5, 5.41) is 11.3. The molecule has 5 heteroatoms. The number of fused-ring (bicyclic) bond motifs is 1. The molecule has 0 aromatic heterocycles. The van der Waals surface area contributed by atoms with E-state index in [1.54, 1.807) is 0 Å². The molecule has 0 saturated heterocycles. The number of carbonyl (C=O) groups is 2. The van der Waals surface area contributed by atoms with Crippen LogP contribution in [0.1, 0.15) is 27.9 Å². The Bertz CT molecular complexity index is 488. The van der Waals surface area contributed by atoms with Crippen LogP contribution in [0, 0.1) is 0 Å². The fourth-order valence-corrected chi connectivity index (χ4v) is 2.89. The standard InChI is InChI=1S/C14H17NO3S/c16-13(17)9-19-8-7-15-14(18)12-6-2-4-10-3-1-5-11(10)12/h2,4,6H,1,3,5,7-9H2,(H,15,18)(H,16,17). The first-order valence-electron chi connectivity index (χ1n) is 6.37. The number of hydrogen-bond donors (Lipinski definition) is 2. The van der Waals surface area contributed by atoms with Gasteiger partial charge in [-0.1, -0.05) is 12.1 Å². The van der Waals surface area contributed by atoms with Gasteiger partial charge in [-0.15, -0.1) is 11.8 Å². The normalized spacial score (nSPS) is 13.1. The van der Waals surface area contributed by atoms with Crippen molar-refractivity contribution in [1.29, 1.82) is 0 Å². The molecule has 0 heterocycles. The highest BCUT2D eigenvalue weighted by Crippen LogP contribution is 2.25. The maximum Gasteiger partial charge on any atom is 0.313 e. The molecule has 1 aliphatic carbocycles. The predicted molar refractivity (Wildman–Crippen MR) is 75.8 cm³/mol. The first kappa shape index (κ1) is 13.9. The third kappa shape index (κ3) is 3.73. The molecule has 102 valence electrons. The van der Waals surface area contributed by atoms with Gasteiger partial charge in [0.2, 0.25) is 0 Å². The zero-order valence-corrected chi connectivity index (χ0v) is 11.5. The van der Waals surface area contributed by atoms with E-state index < -0.39 is 5.97 Å². The van der Waals surface area contributed by atoms with Crippen LogP contribution in [0.5, 0.6) is 0 Å². The lowest BCUT2D eigenvalue weighted by molar-refractivity contribution is -0.133. The van der Waals surface area contributed by atoms with Gasteiger partial charge in [0, 0.05) is 17.9 Å². The number of benzene rings is 1. The number of carboxylic acids is 1. The summed E-state index contributed by atoms with van der Waals surface area (Å²) < 4.78 is 0. The topological polar surface area (TPSA) is 66.4 Å². The van der Waals surface area contributed by atoms with E-state index in [0.717, 1.165) is 24.8 Å². The highest BCUT2D eigenvalue weighted by molar-refractivity contribution is 7.99. The molecule has 0 unspecified atom stereocenters. The lowest BCUT2D eigenvalue weighted by atomic mass is 10.0. The van der Waals surface area contributed by atoms with Crippen molar-refractivity contribution in [3.05, 3.63) is 34.9 Å². The Morgan fingerprint density at radius 1 is 1.32 bits per heavy atom. The molecular formula is C14H17NO3S. The van der Waals surface area contributed by atoms with Crippen LogP contribution in [0.15, 0.2) is 18.2 Å². The van der Waals surface area contributed by atoms with E-state index in [0.29, 0.717) is 12.3 Å². The van der Waals surface area contributed by atoms with Gasteiger partial charge in [0.05, 0.1) is 5.75 Å². The molecule has 0 saturated carbocycles. The Hall–Kier alpha value is -1.49. The SMILES string of the molecule is O=C(O)CSCCNC(=O)c1cccc2c1CCC2. The zero-order valence-electron chi connectivity index (χ0n) is 10.6. The van der Waals surface area contributed by atoms with Gasteiger partial charge in [-0.2, -0.15) is 0 Å². The molecule has 0 spiro atoms. The molecular weight excluding hydrogens is 262 g/mol. The van der Waals surface area contributed by atoms with Gasteiger partial charge in [0.25, 0.3) is 5.91 Å². The largest absolute Gasteiger partial charge is 0.481 e. The molecule has 19 heavy (non-hydrogen) atoms. The van der Waals surface area contributed by atoms with Crippen LogP contribution in [0.3, 0.4) is 0 Å². The number of hydrogen-bond acceptors (Lipinski definition) is 3. The fraction of sp³-hybridized carbons (Fsp3) is 0.429. The van der Waals surface area contributed by atoms with Crippen LogP contribution in [0.4, 0.5) is 0 Å². The summed E-state index contributed by atoms with van der Waals surface area (Å²) in [6.45, 7) is 0.500. The molecule has 0 radical (unpaired) electrons. The van der Waals surface area contributed by atoms with Crippen LogP contribution in [0.2, 0.25) is 0 Å². The number of rotatable bonds is 6. The van der Waals surface area contributed by atoms with Crippen molar-refractivity contribution in [3.63, 3.8) is 0 Å². The lowest BCUT2D eigenvalue weighted by Gasteiger charge is -2.09. The molecule has 4 nitrogen and oxygen atoms in total. The Morgan fingerprint density at radius 3 is 2.95 bits per heavy atom. The van der Waals surface area contributed by atoms with Crippen molar-refractivity contribution in [2.75, 3.05) is 18.1 Å². The van der Waals surface area contributed by atoms with Gasteiger partial charge in [0.15, 0.2) is 0 Å². The lowest BCUT2D eigenvalue weighted by Crippen LogP contribution is -2.27. The first-order chi connectivity index (χ1) is 9.18. The minimum Gasteiger partial charge on any atom is -0.481 e. The van der Waals surface area contributed by atoms with Crippen molar-refractivity contribution in [3.8, 4) is 0 Å². The number of thioether (sulfide) groups is 1. The van der Waals surface area contributed by atoms with Gasteiger partial charge in [0.1, 0.15) is 0 Å². The van der Waals surface area contributed by atoms with Crippen molar-refractivity contribution in [2.45, 2.75) is 19.3 Å². The fourth-order valence-electron chi connectivity index (χ4n) is 2.32. The summed E-state index contributed by atoms with van der Waals surface area (Å²) in [5.74, 6) is -0.171. The van der Waals surface area contributed by atoms with E-state index in [2.05, 4.69) is 11.4 Å². The third-order valence-corrected chi connectivity index (χ3v) is 4.09. The summed E-state index contributed by atoms with van der Waals surface area (Å²) in [6, 6.07) is 5.88. The molecule has 2 N–H and O–H groups in total. The van der Waals surface area contributed by atoms with Crippen molar-refractivity contribution in [2.24, 2.45) is 0 Å². The molecule has 0 fully saturated rings. The maximum absolute atomic E-state index is 12.1. The summed E-state index contributed by atoms with van der Waals surface area (Å²) in [7, 11) is 0. The Balaban J connectivity index is 1.84. The van der Waals surface area contributed by atoms with Crippen LogP contribution < -0.4 is 5.32 Å². The monoisotopic (exact) mass is 279 g/mol. The number of carbonyl (C=O) groups excluding carboxylic acids is 1. The Kier molecular flexibility index (Phi) is 4.85. The van der Waals surface area contributed by atoms with Crippen LogP contribution in [0.25, 0.3) is 0 Å². The second-order valence-corrected chi connectivity index (χ2v) is 5.60.